The second kappa shape index (κ2) is 10.5. The van der Waals surface area contributed by atoms with Gasteiger partial charge in [0.1, 0.15) is 11.7 Å². The highest BCUT2D eigenvalue weighted by molar-refractivity contribution is 7.92. The fourth-order valence-electron chi connectivity index (χ4n) is 3.67. The summed E-state index contributed by atoms with van der Waals surface area (Å²) in [4.78, 5) is 32.1. The van der Waals surface area contributed by atoms with Crippen molar-refractivity contribution >= 4 is 27.5 Å². The van der Waals surface area contributed by atoms with Gasteiger partial charge in [-0.25, -0.2) is 23.5 Å². The molecule has 2 heterocycles. The molecular formula is C24H32N2O8S. The quantitative estimate of drug-likeness (QED) is 0.422. The van der Waals surface area contributed by atoms with Crippen molar-refractivity contribution in [3.05, 3.63) is 29.8 Å². The van der Waals surface area contributed by atoms with Gasteiger partial charge >= 0.3 is 6.09 Å². The molecule has 0 aromatic heterocycles. The Hall–Kier alpha value is -2.65. The van der Waals surface area contributed by atoms with E-state index in [1.807, 2.05) is 0 Å². The van der Waals surface area contributed by atoms with Crippen LogP contribution in [0.25, 0.3) is 0 Å². The minimum absolute atomic E-state index is 0.0680. The molecule has 2 saturated heterocycles. The number of rotatable bonds is 7. The number of benzene rings is 1. The van der Waals surface area contributed by atoms with Crippen LogP contribution < -0.4 is 10.4 Å². The van der Waals surface area contributed by atoms with E-state index in [2.05, 4.69) is 17.3 Å². The maximum atomic E-state index is 12.9. The van der Waals surface area contributed by atoms with Gasteiger partial charge < -0.3 is 14.6 Å². The Morgan fingerprint density at radius 2 is 1.94 bits per heavy atom. The molecule has 3 rings (SSSR count). The van der Waals surface area contributed by atoms with Gasteiger partial charge in [-0.3, -0.25) is 9.69 Å². The summed E-state index contributed by atoms with van der Waals surface area (Å²) in [5, 5.41) is 9.73. The second-order valence-electron chi connectivity index (χ2n) is 9.52. The number of hydroxylamine groups is 1. The first kappa shape index (κ1) is 26.9. The predicted molar refractivity (Wildman–Crippen MR) is 128 cm³/mol. The molecule has 2 aliphatic rings. The molecule has 2 unspecified atom stereocenters. The smallest absolute Gasteiger partial charge is 0.414 e. The highest BCUT2D eigenvalue weighted by Gasteiger charge is 2.48. The first-order chi connectivity index (χ1) is 16.3. The first-order valence-electron chi connectivity index (χ1n) is 11.4. The number of carbonyl (C=O) groups is 2. The lowest BCUT2D eigenvalue weighted by molar-refractivity contribution is -0.201. The SMILES string of the molecule is CC(C)(O)C#Cc1ccc(N2C[C@H](CC(C)(C(=O)NOC3CCCCO3)S(C)(=O)=O)OC2=O)cc1. The summed E-state index contributed by atoms with van der Waals surface area (Å²) < 4.78 is 34.1. The van der Waals surface area contributed by atoms with E-state index in [9.17, 15) is 23.1 Å². The highest BCUT2D eigenvalue weighted by atomic mass is 32.2. The number of hydrogen-bond donors (Lipinski definition) is 2. The molecule has 0 spiro atoms. The molecule has 3 atom stereocenters. The topological polar surface area (TPSA) is 131 Å². The van der Waals surface area contributed by atoms with Crippen molar-refractivity contribution in [3.8, 4) is 11.8 Å². The van der Waals surface area contributed by atoms with Crippen molar-refractivity contribution < 1.29 is 37.4 Å². The molecule has 0 aliphatic carbocycles. The number of amides is 2. The molecule has 2 N–H and O–H groups in total. The molecule has 192 valence electrons. The third-order valence-corrected chi connectivity index (χ3v) is 7.89. The zero-order chi connectivity index (χ0) is 25.9. The fourth-order valence-corrected chi connectivity index (χ4v) is 4.53. The molecule has 2 aliphatic heterocycles. The van der Waals surface area contributed by atoms with Crippen molar-refractivity contribution in [1.29, 1.82) is 0 Å². The van der Waals surface area contributed by atoms with Crippen molar-refractivity contribution in [1.82, 2.24) is 5.48 Å². The summed E-state index contributed by atoms with van der Waals surface area (Å²) in [5.74, 6) is 4.71. The van der Waals surface area contributed by atoms with Gasteiger partial charge in [-0.05, 0) is 57.9 Å². The van der Waals surface area contributed by atoms with Crippen LogP contribution >= 0.6 is 0 Å². The van der Waals surface area contributed by atoms with Crippen molar-refractivity contribution in [3.63, 3.8) is 0 Å². The van der Waals surface area contributed by atoms with Crippen LogP contribution in [-0.2, 0) is 28.9 Å². The maximum Gasteiger partial charge on any atom is 0.414 e. The normalized spacial score (nSPS) is 22.5. The molecule has 2 fully saturated rings. The number of nitrogens with one attached hydrogen (secondary N) is 1. The lowest BCUT2D eigenvalue weighted by Crippen LogP contribution is -2.53. The third-order valence-electron chi connectivity index (χ3n) is 5.90. The summed E-state index contributed by atoms with van der Waals surface area (Å²) >= 11 is 0. The van der Waals surface area contributed by atoms with E-state index in [0.717, 1.165) is 19.1 Å². The van der Waals surface area contributed by atoms with Crippen LogP contribution in [0.3, 0.4) is 0 Å². The number of aliphatic hydroxyl groups is 1. The molecule has 11 heteroatoms. The number of nitrogens with zero attached hydrogens (tertiary/aromatic N) is 1. The van der Waals surface area contributed by atoms with E-state index in [1.54, 1.807) is 38.1 Å². The average Bonchev–Trinajstić information content (AvgIpc) is 3.15. The fraction of sp³-hybridized carbons (Fsp3) is 0.583. The molecule has 0 radical (unpaired) electrons. The van der Waals surface area contributed by atoms with Gasteiger partial charge in [-0.2, -0.15) is 0 Å². The van der Waals surface area contributed by atoms with Gasteiger partial charge in [0, 0.05) is 37.0 Å². The molecule has 2 amide bonds. The maximum absolute atomic E-state index is 12.9. The summed E-state index contributed by atoms with van der Waals surface area (Å²) in [5.41, 5.74) is 2.29. The minimum Gasteiger partial charge on any atom is -0.444 e. The molecule has 1 aromatic rings. The highest BCUT2D eigenvalue weighted by Crippen LogP contribution is 2.30. The van der Waals surface area contributed by atoms with E-state index in [0.29, 0.717) is 24.3 Å². The standard InChI is InChI=1S/C24H32N2O8S/c1-23(2,29)13-12-17-8-10-18(11-9-17)26-16-19(33-22(26)28)15-24(3,35(4,30)31)21(27)25-34-20-7-5-6-14-32-20/h8-11,19-20,29H,5-7,14-16H2,1-4H3,(H,25,27)/t19-,20?,24?/m0/s1. The molecule has 0 bridgehead atoms. The summed E-state index contributed by atoms with van der Waals surface area (Å²) in [6.07, 6.45) is 0.970. The Balaban J connectivity index is 1.68. The van der Waals surface area contributed by atoms with Crippen molar-refractivity contribution in [2.24, 2.45) is 0 Å². The Morgan fingerprint density at radius 1 is 1.26 bits per heavy atom. The summed E-state index contributed by atoms with van der Waals surface area (Å²) in [6, 6.07) is 6.76. The number of ether oxygens (including phenoxy) is 2. The molecule has 10 nitrogen and oxygen atoms in total. The van der Waals surface area contributed by atoms with E-state index in [1.165, 1.54) is 11.8 Å². The largest absolute Gasteiger partial charge is 0.444 e. The van der Waals surface area contributed by atoms with E-state index in [-0.39, 0.29) is 13.0 Å². The van der Waals surface area contributed by atoms with Gasteiger partial charge in [0.2, 0.25) is 0 Å². The van der Waals surface area contributed by atoms with Gasteiger partial charge in [0.15, 0.2) is 20.9 Å². The van der Waals surface area contributed by atoms with Crippen LogP contribution in [0.15, 0.2) is 24.3 Å². The van der Waals surface area contributed by atoms with E-state index < -0.39 is 44.6 Å². The first-order valence-corrected chi connectivity index (χ1v) is 13.3. The Bertz CT molecular complexity index is 1100. The van der Waals surface area contributed by atoms with Crippen LogP contribution in [0, 0.1) is 11.8 Å². The van der Waals surface area contributed by atoms with Gasteiger partial charge in [-0.1, -0.05) is 11.8 Å². The monoisotopic (exact) mass is 508 g/mol. The lowest BCUT2D eigenvalue weighted by atomic mass is 10.0. The van der Waals surface area contributed by atoms with Crippen LogP contribution in [0.2, 0.25) is 0 Å². The van der Waals surface area contributed by atoms with E-state index >= 15 is 0 Å². The van der Waals surface area contributed by atoms with Crippen LogP contribution in [0.4, 0.5) is 10.5 Å². The average molecular weight is 509 g/mol. The number of hydrogen-bond acceptors (Lipinski definition) is 8. The number of sulfone groups is 1. The van der Waals surface area contributed by atoms with Gasteiger partial charge in [0.05, 0.1) is 6.54 Å². The molecule has 0 saturated carbocycles. The lowest BCUT2D eigenvalue weighted by Gasteiger charge is -2.29. The zero-order valence-electron chi connectivity index (χ0n) is 20.4. The Kier molecular flexibility index (Phi) is 8.11. The van der Waals surface area contributed by atoms with Crippen LogP contribution in [-0.4, -0.2) is 67.7 Å². The summed E-state index contributed by atoms with van der Waals surface area (Å²) in [6.45, 7) is 5.02. The van der Waals surface area contributed by atoms with Gasteiger partial charge in [0.25, 0.3) is 5.91 Å². The second-order valence-corrected chi connectivity index (χ2v) is 12.0. The van der Waals surface area contributed by atoms with Crippen molar-refractivity contribution in [2.75, 3.05) is 24.3 Å². The van der Waals surface area contributed by atoms with Crippen molar-refractivity contribution in [2.45, 2.75) is 69.2 Å². The van der Waals surface area contributed by atoms with Gasteiger partial charge in [-0.15, -0.1) is 0 Å². The number of cyclic esters (lactones) is 1. The van der Waals surface area contributed by atoms with Crippen LogP contribution in [0.5, 0.6) is 0 Å². The molecular weight excluding hydrogens is 476 g/mol. The zero-order valence-corrected chi connectivity index (χ0v) is 21.2. The Morgan fingerprint density at radius 3 is 2.51 bits per heavy atom. The third kappa shape index (κ3) is 6.95. The number of carbonyl (C=O) groups excluding carboxylic acids is 2. The van der Waals surface area contributed by atoms with E-state index in [4.69, 9.17) is 14.3 Å². The summed E-state index contributed by atoms with van der Waals surface area (Å²) in [7, 11) is -3.91. The van der Waals surface area contributed by atoms with Crippen LogP contribution in [0.1, 0.15) is 52.0 Å². The number of anilines is 1. The molecule has 1 aromatic carbocycles. The Labute approximate surface area is 205 Å². The molecule has 35 heavy (non-hydrogen) atoms. The minimum atomic E-state index is -3.91. The predicted octanol–water partition coefficient (Wildman–Crippen LogP) is 1.90.